The molecule has 1 saturated heterocycles. The van der Waals surface area contributed by atoms with Gasteiger partial charge in [0.15, 0.2) is 0 Å². The van der Waals surface area contributed by atoms with Gasteiger partial charge in [-0.05, 0) is 6.07 Å². The van der Waals surface area contributed by atoms with Crippen LogP contribution >= 0.6 is 0 Å². The molecular weight excluding hydrogens is 221 g/mol. The summed E-state index contributed by atoms with van der Waals surface area (Å²) in [4.78, 5) is 9.19. The number of halogens is 3. The Morgan fingerprint density at radius 1 is 1.25 bits per heavy atom. The summed E-state index contributed by atoms with van der Waals surface area (Å²) >= 11 is 0. The molecule has 88 valence electrons. The Labute approximate surface area is 90.5 Å². The number of alkyl halides is 3. The minimum Gasteiger partial charge on any atom is -0.343 e. The van der Waals surface area contributed by atoms with E-state index in [1.165, 1.54) is 0 Å². The maximum absolute atomic E-state index is 12.4. The lowest BCUT2D eigenvalue weighted by Crippen LogP contribution is -2.89. The third-order valence-electron chi connectivity index (χ3n) is 2.42. The van der Waals surface area contributed by atoms with Gasteiger partial charge in [-0.2, -0.15) is 13.2 Å². The Balaban J connectivity index is 2.21. The average Bonchev–Trinajstić information content (AvgIpc) is 2.29. The second kappa shape index (κ2) is 4.25. The highest BCUT2D eigenvalue weighted by Crippen LogP contribution is 2.27. The van der Waals surface area contributed by atoms with Crippen LogP contribution in [0.15, 0.2) is 12.3 Å². The summed E-state index contributed by atoms with van der Waals surface area (Å²) in [6, 6.07) is 0.888. The Hall–Kier alpha value is -1.37. The van der Waals surface area contributed by atoms with Crippen molar-refractivity contribution in [3.05, 3.63) is 18.0 Å². The fourth-order valence-electron chi connectivity index (χ4n) is 1.61. The van der Waals surface area contributed by atoms with Gasteiger partial charge in [0.1, 0.15) is 5.69 Å². The van der Waals surface area contributed by atoms with Crippen molar-refractivity contribution in [2.24, 2.45) is 0 Å². The molecular formula is C9H12F3N4+. The van der Waals surface area contributed by atoms with Crippen molar-refractivity contribution < 1.29 is 18.5 Å². The summed E-state index contributed by atoms with van der Waals surface area (Å²) in [6.07, 6.45) is -3.25. The van der Waals surface area contributed by atoms with E-state index in [9.17, 15) is 13.2 Å². The molecule has 2 rings (SSSR count). The number of anilines is 1. The van der Waals surface area contributed by atoms with Crippen LogP contribution in [0.4, 0.5) is 19.1 Å². The summed E-state index contributed by atoms with van der Waals surface area (Å²) in [5.41, 5.74) is -0.882. The summed E-state index contributed by atoms with van der Waals surface area (Å²) in [5, 5.41) is 2.12. The predicted molar refractivity (Wildman–Crippen MR) is 50.9 cm³/mol. The van der Waals surface area contributed by atoms with Crippen LogP contribution in [0.1, 0.15) is 5.69 Å². The molecule has 0 atom stereocenters. The van der Waals surface area contributed by atoms with Crippen LogP contribution in [0, 0.1) is 0 Å². The third-order valence-corrected chi connectivity index (χ3v) is 2.42. The fraction of sp³-hybridized carbons (Fsp3) is 0.556. The molecule has 0 spiro atoms. The molecule has 1 aliphatic rings. The number of hydrogen-bond acceptors (Lipinski definition) is 3. The van der Waals surface area contributed by atoms with Gasteiger partial charge in [-0.25, -0.2) is 9.97 Å². The number of nitrogens with two attached hydrogens (primary N) is 1. The molecule has 4 nitrogen and oxygen atoms in total. The number of aromatic nitrogens is 2. The van der Waals surface area contributed by atoms with E-state index in [0.717, 1.165) is 25.4 Å². The van der Waals surface area contributed by atoms with Gasteiger partial charge in [0.25, 0.3) is 0 Å². The standard InChI is InChI=1S/C9H11F3N4/c10-9(11,12)7-1-2-14-8(15-7)16-5-3-13-4-6-16/h1-2,13H,3-6H2/p+1. The summed E-state index contributed by atoms with van der Waals surface area (Å²) in [6.45, 7) is 3.09. The Morgan fingerprint density at radius 3 is 2.56 bits per heavy atom. The predicted octanol–water partition coefficient (Wildman–Crippen LogP) is -0.121. The van der Waals surface area contributed by atoms with E-state index in [1.807, 2.05) is 0 Å². The lowest BCUT2D eigenvalue weighted by molar-refractivity contribution is -0.655. The molecule has 0 aliphatic carbocycles. The van der Waals surface area contributed by atoms with Crippen molar-refractivity contribution in [2.45, 2.75) is 6.18 Å². The van der Waals surface area contributed by atoms with Gasteiger partial charge >= 0.3 is 6.18 Å². The summed E-state index contributed by atoms with van der Waals surface area (Å²) < 4.78 is 37.3. The Kier molecular flexibility index (Phi) is 2.95. The van der Waals surface area contributed by atoms with Gasteiger partial charge in [0.05, 0.1) is 26.2 Å². The molecule has 0 aromatic carbocycles. The maximum Gasteiger partial charge on any atom is 0.433 e. The number of hydrogen-bond donors (Lipinski definition) is 1. The average molecular weight is 233 g/mol. The van der Waals surface area contributed by atoms with E-state index >= 15 is 0 Å². The highest BCUT2D eigenvalue weighted by atomic mass is 19.4. The molecule has 0 saturated carbocycles. The van der Waals surface area contributed by atoms with Crippen molar-refractivity contribution in [3.63, 3.8) is 0 Å². The first kappa shape index (κ1) is 11.1. The van der Waals surface area contributed by atoms with Crippen molar-refractivity contribution in [2.75, 3.05) is 31.1 Å². The zero-order valence-corrected chi connectivity index (χ0v) is 8.54. The van der Waals surface area contributed by atoms with Crippen molar-refractivity contribution in [1.29, 1.82) is 0 Å². The van der Waals surface area contributed by atoms with Crippen molar-refractivity contribution >= 4 is 5.95 Å². The molecule has 2 heterocycles. The van der Waals surface area contributed by atoms with Crippen LogP contribution in [0.3, 0.4) is 0 Å². The van der Waals surface area contributed by atoms with Crippen LogP contribution in [0.25, 0.3) is 0 Å². The zero-order chi connectivity index (χ0) is 11.6. The van der Waals surface area contributed by atoms with E-state index in [2.05, 4.69) is 15.3 Å². The molecule has 0 radical (unpaired) electrons. The van der Waals surface area contributed by atoms with Crippen molar-refractivity contribution in [1.82, 2.24) is 9.97 Å². The van der Waals surface area contributed by atoms with Gasteiger partial charge in [0, 0.05) is 6.20 Å². The molecule has 1 fully saturated rings. The Morgan fingerprint density at radius 2 is 1.94 bits per heavy atom. The summed E-state index contributed by atoms with van der Waals surface area (Å²) in [7, 11) is 0. The molecule has 1 aliphatic heterocycles. The van der Waals surface area contributed by atoms with E-state index in [1.54, 1.807) is 4.90 Å². The largest absolute Gasteiger partial charge is 0.433 e. The molecule has 1 aromatic heterocycles. The zero-order valence-electron chi connectivity index (χ0n) is 8.54. The first-order chi connectivity index (χ1) is 7.57. The fourth-order valence-corrected chi connectivity index (χ4v) is 1.61. The van der Waals surface area contributed by atoms with Crippen LogP contribution in [-0.4, -0.2) is 36.1 Å². The highest BCUT2D eigenvalue weighted by molar-refractivity contribution is 5.31. The minimum absolute atomic E-state index is 0.169. The third kappa shape index (κ3) is 2.41. The number of quaternary nitrogens is 1. The second-order valence-corrected chi connectivity index (χ2v) is 3.59. The lowest BCUT2D eigenvalue weighted by Gasteiger charge is -2.25. The molecule has 0 bridgehead atoms. The Bertz CT molecular complexity index is 360. The lowest BCUT2D eigenvalue weighted by atomic mass is 10.3. The normalized spacial score (nSPS) is 17.6. The van der Waals surface area contributed by atoms with Crippen LogP contribution in [-0.2, 0) is 6.18 Å². The van der Waals surface area contributed by atoms with Gasteiger partial charge in [-0.1, -0.05) is 0 Å². The van der Waals surface area contributed by atoms with Gasteiger partial charge in [-0.3, -0.25) is 0 Å². The quantitative estimate of drug-likeness (QED) is 0.735. The van der Waals surface area contributed by atoms with Crippen LogP contribution in [0.2, 0.25) is 0 Å². The second-order valence-electron chi connectivity index (χ2n) is 3.59. The SMILES string of the molecule is FC(F)(F)c1ccnc(N2CC[NH2+]CC2)n1. The number of piperazine rings is 1. The highest BCUT2D eigenvalue weighted by Gasteiger charge is 2.33. The minimum atomic E-state index is -4.40. The van der Waals surface area contributed by atoms with Gasteiger partial charge < -0.3 is 10.2 Å². The summed E-state index contributed by atoms with van der Waals surface area (Å²) in [5.74, 6) is 0.169. The topological polar surface area (TPSA) is 45.6 Å². The molecule has 0 unspecified atom stereocenters. The van der Waals surface area contributed by atoms with E-state index in [4.69, 9.17) is 0 Å². The van der Waals surface area contributed by atoms with Crippen LogP contribution < -0.4 is 10.2 Å². The molecule has 0 amide bonds. The number of rotatable bonds is 1. The maximum atomic E-state index is 12.4. The van der Waals surface area contributed by atoms with Gasteiger partial charge in [0.2, 0.25) is 5.95 Å². The molecule has 2 N–H and O–H groups in total. The first-order valence-electron chi connectivity index (χ1n) is 5.04. The molecule has 16 heavy (non-hydrogen) atoms. The van der Waals surface area contributed by atoms with E-state index in [-0.39, 0.29) is 5.95 Å². The number of nitrogens with zero attached hydrogens (tertiary/aromatic N) is 3. The van der Waals surface area contributed by atoms with E-state index in [0.29, 0.717) is 13.1 Å². The van der Waals surface area contributed by atoms with Gasteiger partial charge in [-0.15, -0.1) is 0 Å². The first-order valence-corrected chi connectivity index (χ1v) is 5.04. The van der Waals surface area contributed by atoms with Crippen molar-refractivity contribution in [3.8, 4) is 0 Å². The molecule has 1 aromatic rings. The van der Waals surface area contributed by atoms with Crippen LogP contribution in [0.5, 0.6) is 0 Å². The smallest absolute Gasteiger partial charge is 0.343 e. The molecule has 7 heteroatoms. The monoisotopic (exact) mass is 233 g/mol. The van der Waals surface area contributed by atoms with E-state index < -0.39 is 11.9 Å².